The Morgan fingerprint density at radius 3 is 2.39 bits per heavy atom. The maximum absolute atomic E-state index is 12.1. The third kappa shape index (κ3) is 6.22. The smallest absolute Gasteiger partial charge is 0.265 e. The Bertz CT molecular complexity index is 898. The first kappa shape index (κ1) is 19.6. The normalized spacial score (nSPS) is 10.3. The minimum Gasteiger partial charge on any atom is -0.491 e. The van der Waals surface area contributed by atoms with E-state index in [0.717, 1.165) is 5.75 Å². The van der Waals surface area contributed by atoms with E-state index < -0.39 is 0 Å². The van der Waals surface area contributed by atoms with E-state index in [0.29, 0.717) is 29.5 Å². The number of amides is 2. The van der Waals surface area contributed by atoms with E-state index in [4.69, 9.17) is 9.47 Å². The van der Waals surface area contributed by atoms with E-state index in [2.05, 4.69) is 10.6 Å². The van der Waals surface area contributed by atoms with Crippen LogP contribution in [-0.2, 0) is 9.53 Å². The predicted octanol–water partition coefficient (Wildman–Crippen LogP) is 4.03. The number of carbonyl (C=O) groups is 2. The lowest BCUT2D eigenvalue weighted by atomic mass is 10.2. The third-order valence-electron chi connectivity index (χ3n) is 3.62. The van der Waals surface area contributed by atoms with E-state index in [1.807, 2.05) is 41.8 Å². The maximum Gasteiger partial charge on any atom is 0.265 e. The fourth-order valence-electron chi connectivity index (χ4n) is 2.37. The Morgan fingerprint density at radius 2 is 1.64 bits per heavy atom. The molecule has 144 valence electrons. The molecule has 7 heteroatoms. The second-order valence-corrected chi connectivity index (χ2v) is 6.72. The van der Waals surface area contributed by atoms with Gasteiger partial charge in [0, 0.05) is 11.4 Å². The second kappa shape index (κ2) is 10.2. The zero-order chi connectivity index (χ0) is 19.6. The number of nitrogens with one attached hydrogen (secondary N) is 2. The molecule has 2 amide bonds. The van der Waals surface area contributed by atoms with E-state index in [-0.39, 0.29) is 18.4 Å². The average Bonchev–Trinajstić information content (AvgIpc) is 3.24. The van der Waals surface area contributed by atoms with Gasteiger partial charge < -0.3 is 20.1 Å². The Hall–Kier alpha value is -3.16. The lowest BCUT2D eigenvalue weighted by Crippen LogP contribution is -2.20. The van der Waals surface area contributed by atoms with Gasteiger partial charge in [-0.15, -0.1) is 11.3 Å². The SMILES string of the molecule is O=C(COCCOc1ccccc1)Nc1cccc(NC(=O)c2cccs2)c1. The maximum atomic E-state index is 12.1. The average molecular weight is 396 g/mol. The van der Waals surface area contributed by atoms with Crippen molar-refractivity contribution < 1.29 is 19.1 Å². The first-order valence-electron chi connectivity index (χ1n) is 8.71. The van der Waals surface area contributed by atoms with Gasteiger partial charge in [0.05, 0.1) is 11.5 Å². The van der Waals surface area contributed by atoms with Crippen molar-refractivity contribution in [1.29, 1.82) is 0 Å². The Morgan fingerprint density at radius 1 is 0.857 bits per heavy atom. The summed E-state index contributed by atoms with van der Waals surface area (Å²) in [5.41, 5.74) is 1.19. The minimum atomic E-state index is -0.276. The predicted molar refractivity (Wildman–Crippen MR) is 110 cm³/mol. The van der Waals surface area contributed by atoms with E-state index >= 15 is 0 Å². The summed E-state index contributed by atoms with van der Waals surface area (Å²) in [5, 5.41) is 7.40. The Kier molecular flexibility index (Phi) is 7.17. The molecule has 1 heterocycles. The highest BCUT2D eigenvalue weighted by Crippen LogP contribution is 2.17. The van der Waals surface area contributed by atoms with Crippen LogP contribution in [0.5, 0.6) is 5.75 Å². The van der Waals surface area contributed by atoms with Crippen molar-refractivity contribution in [3.63, 3.8) is 0 Å². The number of benzene rings is 2. The number of ether oxygens (including phenoxy) is 2. The summed E-state index contributed by atoms with van der Waals surface area (Å²) in [4.78, 5) is 24.7. The number of hydrogen-bond acceptors (Lipinski definition) is 5. The second-order valence-electron chi connectivity index (χ2n) is 5.77. The quantitative estimate of drug-likeness (QED) is 0.535. The summed E-state index contributed by atoms with van der Waals surface area (Å²) >= 11 is 1.37. The van der Waals surface area contributed by atoms with Gasteiger partial charge in [0.15, 0.2) is 0 Å². The van der Waals surface area contributed by atoms with Crippen molar-refractivity contribution in [1.82, 2.24) is 0 Å². The number of para-hydroxylation sites is 1. The van der Waals surface area contributed by atoms with Crippen molar-refractivity contribution in [2.45, 2.75) is 0 Å². The molecule has 3 rings (SSSR count). The molecule has 28 heavy (non-hydrogen) atoms. The molecule has 2 N–H and O–H groups in total. The summed E-state index contributed by atoms with van der Waals surface area (Å²) in [7, 11) is 0. The molecule has 0 aliphatic heterocycles. The molecule has 0 saturated heterocycles. The number of hydrogen-bond donors (Lipinski definition) is 2. The molecule has 1 aromatic heterocycles. The highest BCUT2D eigenvalue weighted by atomic mass is 32.1. The first-order chi connectivity index (χ1) is 13.7. The van der Waals surface area contributed by atoms with Crippen LogP contribution in [0.3, 0.4) is 0 Å². The third-order valence-corrected chi connectivity index (χ3v) is 4.49. The molecular formula is C21H20N2O4S. The van der Waals surface area contributed by atoms with Gasteiger partial charge in [0.25, 0.3) is 5.91 Å². The molecule has 3 aromatic rings. The molecule has 6 nitrogen and oxygen atoms in total. The van der Waals surface area contributed by atoms with Crippen LogP contribution in [-0.4, -0.2) is 31.6 Å². The van der Waals surface area contributed by atoms with Gasteiger partial charge in [-0.1, -0.05) is 30.3 Å². The van der Waals surface area contributed by atoms with Crippen LogP contribution in [0.25, 0.3) is 0 Å². The largest absolute Gasteiger partial charge is 0.491 e. The van der Waals surface area contributed by atoms with E-state index in [9.17, 15) is 9.59 Å². The molecule has 0 fully saturated rings. The molecular weight excluding hydrogens is 376 g/mol. The van der Waals surface area contributed by atoms with Crippen LogP contribution in [0.1, 0.15) is 9.67 Å². The fourth-order valence-corrected chi connectivity index (χ4v) is 2.99. The van der Waals surface area contributed by atoms with Crippen LogP contribution < -0.4 is 15.4 Å². The zero-order valence-electron chi connectivity index (χ0n) is 15.1. The number of rotatable bonds is 9. The number of thiophene rings is 1. The zero-order valence-corrected chi connectivity index (χ0v) is 15.9. The summed E-state index contributed by atoms with van der Waals surface area (Å²) in [5.74, 6) is 0.304. The lowest BCUT2D eigenvalue weighted by Gasteiger charge is -2.09. The molecule has 0 aliphatic carbocycles. The molecule has 0 spiro atoms. The highest BCUT2D eigenvalue weighted by Gasteiger charge is 2.08. The number of anilines is 2. The fraction of sp³-hybridized carbons (Fsp3) is 0.143. The molecule has 0 saturated carbocycles. The van der Waals surface area contributed by atoms with E-state index in [1.54, 1.807) is 30.3 Å². The lowest BCUT2D eigenvalue weighted by molar-refractivity contribution is -0.120. The van der Waals surface area contributed by atoms with E-state index in [1.165, 1.54) is 11.3 Å². The van der Waals surface area contributed by atoms with Crippen LogP contribution in [0.15, 0.2) is 72.1 Å². The topological polar surface area (TPSA) is 76.7 Å². The molecule has 0 aliphatic rings. The summed E-state index contributed by atoms with van der Waals surface area (Å²) in [6.07, 6.45) is 0. The van der Waals surface area contributed by atoms with Gasteiger partial charge in [-0.2, -0.15) is 0 Å². The molecule has 0 atom stereocenters. The van der Waals surface area contributed by atoms with Gasteiger partial charge >= 0.3 is 0 Å². The van der Waals surface area contributed by atoms with Gasteiger partial charge in [-0.05, 0) is 41.8 Å². The first-order valence-corrected chi connectivity index (χ1v) is 9.59. The highest BCUT2D eigenvalue weighted by molar-refractivity contribution is 7.12. The molecule has 0 radical (unpaired) electrons. The monoisotopic (exact) mass is 396 g/mol. The molecule has 0 bridgehead atoms. The van der Waals surface area contributed by atoms with Crippen molar-refractivity contribution in [2.75, 3.05) is 30.5 Å². The molecule has 0 unspecified atom stereocenters. The summed E-state index contributed by atoms with van der Waals surface area (Å²) in [6, 6.07) is 19.9. The minimum absolute atomic E-state index is 0.0794. The van der Waals surface area contributed by atoms with Gasteiger partial charge in [0.1, 0.15) is 19.0 Å². The van der Waals surface area contributed by atoms with Crippen molar-refractivity contribution in [2.24, 2.45) is 0 Å². The standard InChI is InChI=1S/C21H20N2O4S/c24-20(15-26-11-12-27-18-8-2-1-3-9-18)22-16-6-4-7-17(14-16)23-21(25)19-10-5-13-28-19/h1-10,13-14H,11-12,15H2,(H,22,24)(H,23,25). The Labute approximate surface area is 167 Å². The summed E-state index contributed by atoms with van der Waals surface area (Å²) < 4.78 is 10.8. The van der Waals surface area contributed by atoms with Crippen LogP contribution in [0, 0.1) is 0 Å². The van der Waals surface area contributed by atoms with Gasteiger partial charge in [0.2, 0.25) is 5.91 Å². The van der Waals surface area contributed by atoms with Gasteiger partial charge in [-0.3, -0.25) is 9.59 Å². The van der Waals surface area contributed by atoms with Crippen molar-refractivity contribution >= 4 is 34.5 Å². The Balaban J connectivity index is 1.39. The van der Waals surface area contributed by atoms with Crippen molar-refractivity contribution in [3.8, 4) is 5.75 Å². The number of carbonyl (C=O) groups excluding carboxylic acids is 2. The van der Waals surface area contributed by atoms with Gasteiger partial charge in [-0.25, -0.2) is 0 Å². The summed E-state index contributed by atoms with van der Waals surface area (Å²) in [6.45, 7) is 0.588. The molecule has 2 aromatic carbocycles. The van der Waals surface area contributed by atoms with Crippen LogP contribution in [0.2, 0.25) is 0 Å². The van der Waals surface area contributed by atoms with Crippen LogP contribution >= 0.6 is 11.3 Å². The van der Waals surface area contributed by atoms with Crippen LogP contribution in [0.4, 0.5) is 11.4 Å². The van der Waals surface area contributed by atoms with Crippen molar-refractivity contribution in [3.05, 3.63) is 77.0 Å².